The number of imidazole rings is 1. The minimum absolute atomic E-state index is 0.0971. The van der Waals surface area contributed by atoms with Gasteiger partial charge in [-0.2, -0.15) is 5.26 Å². The number of fused-ring (bicyclic) bond motifs is 1. The highest BCUT2D eigenvalue weighted by Crippen LogP contribution is 2.10. The van der Waals surface area contributed by atoms with E-state index in [9.17, 15) is 4.79 Å². The summed E-state index contributed by atoms with van der Waals surface area (Å²) in [6.07, 6.45) is 0.534. The number of carbonyl (C=O) groups is 1. The van der Waals surface area contributed by atoms with Crippen molar-refractivity contribution in [2.75, 3.05) is 6.54 Å². The third kappa shape index (κ3) is 2.82. The molecule has 0 aliphatic heterocycles. The van der Waals surface area contributed by atoms with Gasteiger partial charge in [0.2, 0.25) is 5.91 Å². The highest BCUT2D eigenvalue weighted by Gasteiger charge is 2.03. The van der Waals surface area contributed by atoms with Crippen LogP contribution in [0.15, 0.2) is 24.3 Å². The van der Waals surface area contributed by atoms with Crippen LogP contribution in [0.1, 0.15) is 12.2 Å². The fourth-order valence-corrected chi connectivity index (χ4v) is 1.58. The number of nitrogens with one attached hydrogen (secondary N) is 2. The van der Waals surface area contributed by atoms with E-state index in [1.807, 2.05) is 24.3 Å². The van der Waals surface area contributed by atoms with Gasteiger partial charge in [0.1, 0.15) is 12.2 Å². The molecule has 0 fully saturated rings. The fraction of sp³-hybridized carbons (Fsp3) is 0.250. The van der Waals surface area contributed by atoms with Crippen LogP contribution in [-0.4, -0.2) is 22.4 Å². The number of hydrogen-bond donors (Lipinski definition) is 2. The van der Waals surface area contributed by atoms with Gasteiger partial charge in [-0.1, -0.05) is 12.1 Å². The molecule has 1 heterocycles. The minimum Gasteiger partial charge on any atom is -0.355 e. The molecule has 0 saturated carbocycles. The van der Waals surface area contributed by atoms with Crippen molar-refractivity contribution in [3.63, 3.8) is 0 Å². The largest absolute Gasteiger partial charge is 0.355 e. The third-order valence-corrected chi connectivity index (χ3v) is 2.36. The van der Waals surface area contributed by atoms with Gasteiger partial charge in [-0.15, -0.1) is 0 Å². The Bertz CT molecular complexity index is 534. The smallest absolute Gasteiger partial charge is 0.234 e. The lowest BCUT2D eigenvalue weighted by atomic mass is 10.3. The fourth-order valence-electron chi connectivity index (χ4n) is 1.58. The van der Waals surface area contributed by atoms with Crippen molar-refractivity contribution in [2.24, 2.45) is 0 Å². The predicted molar refractivity (Wildman–Crippen MR) is 63.0 cm³/mol. The number of hydrogen-bond acceptors (Lipinski definition) is 3. The summed E-state index contributed by atoms with van der Waals surface area (Å²) in [6.45, 7) is 0.486. The van der Waals surface area contributed by atoms with E-state index in [-0.39, 0.29) is 12.3 Å². The predicted octanol–water partition coefficient (Wildman–Crippen LogP) is 1.14. The number of aromatic nitrogens is 2. The molecule has 0 bridgehead atoms. The molecule has 0 unspecified atom stereocenters. The molecule has 86 valence electrons. The average Bonchev–Trinajstić information content (AvgIpc) is 2.71. The number of rotatable bonds is 4. The molecule has 0 saturated heterocycles. The van der Waals surface area contributed by atoms with Crippen molar-refractivity contribution in [1.29, 1.82) is 5.26 Å². The van der Waals surface area contributed by atoms with Gasteiger partial charge in [0.05, 0.1) is 17.1 Å². The maximum Gasteiger partial charge on any atom is 0.234 e. The Balaban J connectivity index is 1.91. The highest BCUT2D eigenvalue weighted by molar-refractivity contribution is 5.78. The first-order chi connectivity index (χ1) is 8.29. The van der Waals surface area contributed by atoms with Crippen LogP contribution in [0.2, 0.25) is 0 Å². The molecular weight excluding hydrogens is 216 g/mol. The van der Waals surface area contributed by atoms with E-state index in [0.717, 1.165) is 16.9 Å². The lowest BCUT2D eigenvalue weighted by Crippen LogP contribution is -2.25. The lowest BCUT2D eigenvalue weighted by Gasteiger charge is -1.99. The van der Waals surface area contributed by atoms with Crippen LogP contribution in [0.5, 0.6) is 0 Å². The van der Waals surface area contributed by atoms with E-state index >= 15 is 0 Å². The lowest BCUT2D eigenvalue weighted by molar-refractivity contribution is -0.120. The van der Waals surface area contributed by atoms with Crippen LogP contribution in [-0.2, 0) is 11.2 Å². The second kappa shape index (κ2) is 5.12. The van der Waals surface area contributed by atoms with Crippen molar-refractivity contribution < 1.29 is 4.79 Å². The van der Waals surface area contributed by atoms with Crippen molar-refractivity contribution >= 4 is 16.9 Å². The van der Waals surface area contributed by atoms with E-state index in [4.69, 9.17) is 5.26 Å². The molecule has 1 aromatic carbocycles. The minimum atomic E-state index is -0.247. The first-order valence-electron chi connectivity index (χ1n) is 5.37. The maximum atomic E-state index is 11.0. The van der Waals surface area contributed by atoms with Gasteiger partial charge in [-0.05, 0) is 12.1 Å². The Kier molecular flexibility index (Phi) is 3.36. The summed E-state index contributed by atoms with van der Waals surface area (Å²) < 4.78 is 0. The molecule has 2 N–H and O–H groups in total. The van der Waals surface area contributed by atoms with Crippen LogP contribution in [0, 0.1) is 11.3 Å². The van der Waals surface area contributed by atoms with Gasteiger partial charge in [-0.3, -0.25) is 4.79 Å². The number of H-pyrrole nitrogens is 1. The second-order valence-electron chi connectivity index (χ2n) is 3.64. The standard InChI is InChI=1S/C12H12N4O/c13-7-5-12(17)14-8-6-11-15-9-3-1-2-4-10(9)16-11/h1-4H,5-6,8H2,(H,14,17)(H,15,16). The number of carbonyl (C=O) groups excluding carboxylic acids is 1. The average molecular weight is 228 g/mol. The molecule has 0 radical (unpaired) electrons. The normalized spacial score (nSPS) is 10.1. The Morgan fingerprint density at radius 2 is 2.29 bits per heavy atom. The highest BCUT2D eigenvalue weighted by atomic mass is 16.1. The molecule has 17 heavy (non-hydrogen) atoms. The summed E-state index contributed by atoms with van der Waals surface area (Å²) in [5.41, 5.74) is 1.91. The van der Waals surface area contributed by atoms with E-state index in [2.05, 4.69) is 15.3 Å². The summed E-state index contributed by atoms with van der Waals surface area (Å²) in [5, 5.41) is 11.0. The molecule has 1 aromatic heterocycles. The van der Waals surface area contributed by atoms with Gasteiger partial charge < -0.3 is 10.3 Å². The molecule has 0 aliphatic carbocycles. The number of amides is 1. The SMILES string of the molecule is N#CCC(=O)NCCc1nc2ccccc2[nH]1. The number of para-hydroxylation sites is 2. The molecule has 5 nitrogen and oxygen atoms in total. The van der Waals surface area contributed by atoms with Crippen LogP contribution >= 0.6 is 0 Å². The molecule has 2 rings (SSSR count). The summed E-state index contributed by atoms with van der Waals surface area (Å²) in [5.74, 6) is 0.590. The van der Waals surface area contributed by atoms with Gasteiger partial charge in [0.25, 0.3) is 0 Å². The summed E-state index contributed by atoms with van der Waals surface area (Å²) in [4.78, 5) is 18.6. The van der Waals surface area contributed by atoms with Crippen molar-refractivity contribution in [2.45, 2.75) is 12.8 Å². The Hall–Kier alpha value is -2.35. The molecular formula is C12H12N4O. The number of aromatic amines is 1. The molecule has 2 aromatic rings. The topological polar surface area (TPSA) is 81.6 Å². The Morgan fingerprint density at radius 1 is 1.47 bits per heavy atom. The number of nitriles is 1. The number of benzene rings is 1. The van der Waals surface area contributed by atoms with Gasteiger partial charge in [0, 0.05) is 13.0 Å². The van der Waals surface area contributed by atoms with E-state index in [1.54, 1.807) is 6.07 Å². The van der Waals surface area contributed by atoms with Gasteiger partial charge in [0.15, 0.2) is 0 Å². The van der Waals surface area contributed by atoms with Gasteiger partial charge in [-0.25, -0.2) is 4.98 Å². The quantitative estimate of drug-likeness (QED) is 0.823. The summed E-state index contributed by atoms with van der Waals surface area (Å²) >= 11 is 0. The molecule has 1 amide bonds. The number of nitrogens with zero attached hydrogens (tertiary/aromatic N) is 2. The first kappa shape index (κ1) is 11.1. The zero-order valence-electron chi connectivity index (χ0n) is 9.23. The van der Waals surface area contributed by atoms with Crippen LogP contribution in [0.25, 0.3) is 11.0 Å². The van der Waals surface area contributed by atoms with Crippen molar-refractivity contribution in [1.82, 2.24) is 15.3 Å². The van der Waals surface area contributed by atoms with Crippen molar-refractivity contribution in [3.8, 4) is 6.07 Å². The third-order valence-electron chi connectivity index (χ3n) is 2.36. The zero-order chi connectivity index (χ0) is 12.1. The van der Waals surface area contributed by atoms with Crippen LogP contribution < -0.4 is 5.32 Å². The Labute approximate surface area is 98.5 Å². The summed E-state index contributed by atoms with van der Waals surface area (Å²) in [6, 6.07) is 9.57. The van der Waals surface area contributed by atoms with E-state index < -0.39 is 0 Å². The molecule has 5 heteroatoms. The Morgan fingerprint density at radius 3 is 3.06 bits per heavy atom. The maximum absolute atomic E-state index is 11.0. The second-order valence-corrected chi connectivity index (χ2v) is 3.64. The van der Waals surface area contributed by atoms with E-state index in [1.165, 1.54) is 0 Å². The van der Waals surface area contributed by atoms with E-state index in [0.29, 0.717) is 13.0 Å². The van der Waals surface area contributed by atoms with Crippen LogP contribution in [0.3, 0.4) is 0 Å². The molecule has 0 atom stereocenters. The zero-order valence-corrected chi connectivity index (χ0v) is 9.23. The molecule has 0 spiro atoms. The summed E-state index contributed by atoms with van der Waals surface area (Å²) in [7, 11) is 0. The van der Waals surface area contributed by atoms with Gasteiger partial charge >= 0.3 is 0 Å². The van der Waals surface area contributed by atoms with Crippen molar-refractivity contribution in [3.05, 3.63) is 30.1 Å². The molecule has 0 aliphatic rings. The van der Waals surface area contributed by atoms with Crippen LogP contribution in [0.4, 0.5) is 0 Å². The first-order valence-corrected chi connectivity index (χ1v) is 5.37. The monoisotopic (exact) mass is 228 g/mol.